The first-order valence-corrected chi connectivity index (χ1v) is 7.92. The molecule has 0 aromatic rings. The molecule has 0 aromatic heterocycles. The summed E-state index contributed by atoms with van der Waals surface area (Å²) in [6, 6.07) is 0. The van der Waals surface area contributed by atoms with Crippen LogP contribution in [0.25, 0.3) is 0 Å². The maximum Gasteiger partial charge on any atom is 0.0702 e. The summed E-state index contributed by atoms with van der Waals surface area (Å²) < 4.78 is 11.6. The minimum absolute atomic E-state index is 0.189. The van der Waals surface area contributed by atoms with E-state index in [-0.39, 0.29) is 5.54 Å². The second kappa shape index (κ2) is 7.02. The quantitative estimate of drug-likeness (QED) is 0.766. The highest BCUT2D eigenvalue weighted by molar-refractivity contribution is 5.05. The highest BCUT2D eigenvalue weighted by Gasteiger charge is 2.49. The van der Waals surface area contributed by atoms with Gasteiger partial charge in [0.2, 0.25) is 0 Å². The van der Waals surface area contributed by atoms with E-state index in [2.05, 4.69) is 18.7 Å². The van der Waals surface area contributed by atoms with Crippen LogP contribution in [0.5, 0.6) is 0 Å². The summed E-state index contributed by atoms with van der Waals surface area (Å²) in [5.41, 5.74) is 6.25. The lowest BCUT2D eigenvalue weighted by atomic mass is 9.72. The summed E-state index contributed by atoms with van der Waals surface area (Å²) in [5, 5.41) is 0. The summed E-state index contributed by atoms with van der Waals surface area (Å²) in [6.07, 6.45) is 6.55. The normalized spacial score (nSPS) is 36.2. The first kappa shape index (κ1) is 15.2. The lowest BCUT2D eigenvalue weighted by Gasteiger charge is -2.55. The van der Waals surface area contributed by atoms with Crippen molar-refractivity contribution in [2.75, 3.05) is 32.8 Å². The third-order valence-corrected chi connectivity index (χ3v) is 4.60. The van der Waals surface area contributed by atoms with E-state index >= 15 is 0 Å². The van der Waals surface area contributed by atoms with Crippen LogP contribution in [0.2, 0.25) is 0 Å². The number of piperidine rings is 1. The standard InChI is InChI=1S/C15H30N2O2/c1-3-8-19-13-6-5-7-17(11-13)15(12-16)9-14(10-15)18-4-2/h13-14H,3-12,16H2,1-2H3. The summed E-state index contributed by atoms with van der Waals surface area (Å²) in [4.78, 5) is 2.58. The maximum absolute atomic E-state index is 6.07. The number of likely N-dealkylation sites (tertiary alicyclic amines) is 1. The van der Waals surface area contributed by atoms with Crippen LogP contribution in [0.15, 0.2) is 0 Å². The van der Waals surface area contributed by atoms with E-state index in [9.17, 15) is 0 Å². The molecule has 2 N–H and O–H groups in total. The molecule has 0 aromatic carbocycles. The molecule has 1 saturated carbocycles. The SMILES string of the molecule is CCCOC1CCCN(C2(CN)CC(OCC)C2)C1. The van der Waals surface area contributed by atoms with Crippen LogP contribution in [0.1, 0.15) is 46.0 Å². The smallest absolute Gasteiger partial charge is 0.0702 e. The molecule has 1 aliphatic heterocycles. The summed E-state index contributed by atoms with van der Waals surface area (Å²) >= 11 is 0. The molecule has 112 valence electrons. The lowest BCUT2D eigenvalue weighted by molar-refractivity contribution is -0.123. The van der Waals surface area contributed by atoms with Gasteiger partial charge in [-0.25, -0.2) is 0 Å². The Balaban J connectivity index is 1.85. The second-order valence-electron chi connectivity index (χ2n) is 6.00. The molecule has 0 spiro atoms. The van der Waals surface area contributed by atoms with Crippen LogP contribution in [-0.4, -0.2) is 55.5 Å². The number of nitrogens with zero attached hydrogens (tertiary/aromatic N) is 1. The van der Waals surface area contributed by atoms with E-state index in [1.165, 1.54) is 19.4 Å². The Morgan fingerprint density at radius 3 is 2.63 bits per heavy atom. The lowest BCUT2D eigenvalue weighted by Crippen LogP contribution is -2.66. The van der Waals surface area contributed by atoms with E-state index in [0.29, 0.717) is 12.2 Å². The molecule has 0 radical (unpaired) electrons. The molecule has 4 heteroatoms. The third-order valence-electron chi connectivity index (χ3n) is 4.60. The predicted octanol–water partition coefficient (Wildman–Crippen LogP) is 1.77. The summed E-state index contributed by atoms with van der Waals surface area (Å²) in [6.45, 7) is 8.90. The van der Waals surface area contributed by atoms with E-state index in [1.54, 1.807) is 0 Å². The van der Waals surface area contributed by atoms with Crippen molar-refractivity contribution in [3.63, 3.8) is 0 Å². The second-order valence-corrected chi connectivity index (χ2v) is 6.00. The molecule has 1 saturated heterocycles. The van der Waals surface area contributed by atoms with Crippen molar-refractivity contribution in [1.29, 1.82) is 0 Å². The zero-order chi connectivity index (χ0) is 13.7. The molecule has 1 unspecified atom stereocenters. The third kappa shape index (κ3) is 3.48. The average Bonchev–Trinajstić information content (AvgIpc) is 2.40. The van der Waals surface area contributed by atoms with Crippen molar-refractivity contribution in [3.8, 4) is 0 Å². The fraction of sp³-hybridized carbons (Fsp3) is 1.00. The van der Waals surface area contributed by atoms with Crippen molar-refractivity contribution in [2.24, 2.45) is 5.73 Å². The number of rotatable bonds is 7. The number of hydrogen-bond donors (Lipinski definition) is 1. The molecule has 1 heterocycles. The van der Waals surface area contributed by atoms with Gasteiger partial charge in [0.05, 0.1) is 12.2 Å². The molecule has 0 amide bonds. The van der Waals surface area contributed by atoms with Crippen molar-refractivity contribution in [1.82, 2.24) is 4.90 Å². The number of nitrogens with two attached hydrogens (primary N) is 1. The van der Waals surface area contributed by atoms with Gasteiger partial charge in [-0.2, -0.15) is 0 Å². The largest absolute Gasteiger partial charge is 0.378 e. The van der Waals surface area contributed by atoms with E-state index in [4.69, 9.17) is 15.2 Å². The van der Waals surface area contributed by atoms with Gasteiger partial charge in [-0.05, 0) is 45.6 Å². The minimum Gasteiger partial charge on any atom is -0.378 e. The average molecular weight is 270 g/mol. The Kier molecular flexibility index (Phi) is 5.63. The highest BCUT2D eigenvalue weighted by atomic mass is 16.5. The zero-order valence-corrected chi connectivity index (χ0v) is 12.6. The fourth-order valence-corrected chi connectivity index (χ4v) is 3.48. The highest BCUT2D eigenvalue weighted by Crippen LogP contribution is 2.40. The molecule has 2 fully saturated rings. The molecule has 19 heavy (non-hydrogen) atoms. The first-order valence-electron chi connectivity index (χ1n) is 7.92. The molecule has 1 atom stereocenters. The summed E-state index contributed by atoms with van der Waals surface area (Å²) in [5.74, 6) is 0. The van der Waals surface area contributed by atoms with Crippen LogP contribution in [0, 0.1) is 0 Å². The van der Waals surface area contributed by atoms with Crippen molar-refractivity contribution < 1.29 is 9.47 Å². The van der Waals surface area contributed by atoms with E-state index in [0.717, 1.165) is 45.6 Å². The van der Waals surface area contributed by atoms with Crippen LogP contribution < -0.4 is 5.73 Å². The Bertz CT molecular complexity index is 267. The molecular weight excluding hydrogens is 240 g/mol. The molecule has 0 bridgehead atoms. The molecule has 1 aliphatic carbocycles. The van der Waals surface area contributed by atoms with Gasteiger partial charge < -0.3 is 15.2 Å². The fourth-order valence-electron chi connectivity index (χ4n) is 3.48. The summed E-state index contributed by atoms with van der Waals surface area (Å²) in [7, 11) is 0. The molecule has 2 aliphatic rings. The van der Waals surface area contributed by atoms with Gasteiger partial charge in [0.15, 0.2) is 0 Å². The van der Waals surface area contributed by atoms with Gasteiger partial charge in [-0.3, -0.25) is 4.90 Å². The topological polar surface area (TPSA) is 47.7 Å². The Labute approximate surface area is 117 Å². The molecule has 2 rings (SSSR count). The first-order chi connectivity index (χ1) is 9.24. The van der Waals surface area contributed by atoms with E-state index in [1.807, 2.05) is 0 Å². The number of ether oxygens (including phenoxy) is 2. The maximum atomic E-state index is 6.07. The number of hydrogen-bond acceptors (Lipinski definition) is 4. The Hall–Kier alpha value is -0.160. The van der Waals surface area contributed by atoms with Crippen LogP contribution >= 0.6 is 0 Å². The van der Waals surface area contributed by atoms with Gasteiger partial charge >= 0.3 is 0 Å². The van der Waals surface area contributed by atoms with Gasteiger partial charge in [0, 0.05) is 31.8 Å². The molecule has 4 nitrogen and oxygen atoms in total. The minimum atomic E-state index is 0.189. The van der Waals surface area contributed by atoms with Crippen molar-refractivity contribution >= 4 is 0 Å². The molecular formula is C15H30N2O2. The van der Waals surface area contributed by atoms with Gasteiger partial charge in [-0.1, -0.05) is 6.92 Å². The van der Waals surface area contributed by atoms with E-state index < -0.39 is 0 Å². The van der Waals surface area contributed by atoms with Crippen molar-refractivity contribution in [3.05, 3.63) is 0 Å². The Morgan fingerprint density at radius 2 is 2.00 bits per heavy atom. The van der Waals surface area contributed by atoms with Crippen LogP contribution in [0.4, 0.5) is 0 Å². The predicted molar refractivity (Wildman–Crippen MR) is 77.3 cm³/mol. The van der Waals surface area contributed by atoms with Crippen LogP contribution in [-0.2, 0) is 9.47 Å². The monoisotopic (exact) mass is 270 g/mol. The van der Waals surface area contributed by atoms with Crippen LogP contribution in [0.3, 0.4) is 0 Å². The van der Waals surface area contributed by atoms with Gasteiger partial charge in [-0.15, -0.1) is 0 Å². The zero-order valence-electron chi connectivity index (χ0n) is 12.6. The Morgan fingerprint density at radius 1 is 1.21 bits per heavy atom. The van der Waals surface area contributed by atoms with Gasteiger partial charge in [0.1, 0.15) is 0 Å². The van der Waals surface area contributed by atoms with Gasteiger partial charge in [0.25, 0.3) is 0 Å². The van der Waals surface area contributed by atoms with Crippen molar-refractivity contribution in [2.45, 2.75) is 63.7 Å².